The summed E-state index contributed by atoms with van der Waals surface area (Å²) in [6, 6.07) is 1.83. The molecule has 13 heteroatoms. The summed E-state index contributed by atoms with van der Waals surface area (Å²) in [4.78, 5) is 34.8. The number of rotatable bonds is 7. The number of thiazole rings is 1. The molecule has 4 aromatic heterocycles. The predicted octanol–water partition coefficient (Wildman–Crippen LogP) is 5.04. The summed E-state index contributed by atoms with van der Waals surface area (Å²) in [6.45, 7) is 3.93. The Morgan fingerprint density at radius 1 is 1.16 bits per heavy atom. The summed E-state index contributed by atoms with van der Waals surface area (Å²) in [6.07, 6.45) is 7.67. The summed E-state index contributed by atoms with van der Waals surface area (Å²) < 4.78 is 37.7. The lowest BCUT2D eigenvalue weighted by molar-refractivity contribution is 0.0260. The van der Waals surface area contributed by atoms with Crippen molar-refractivity contribution in [1.82, 2.24) is 29.5 Å². The molecular weight excluding hydrogens is 516 g/mol. The molecule has 1 amide bonds. The van der Waals surface area contributed by atoms with Gasteiger partial charge in [-0.05, 0) is 44.7 Å². The molecule has 0 aliphatic heterocycles. The molecule has 4 aromatic rings. The number of hydrogen-bond acceptors (Lipinski definition) is 8. The van der Waals surface area contributed by atoms with Gasteiger partial charge >= 0.3 is 0 Å². The quantitative estimate of drug-likeness (QED) is 0.302. The van der Waals surface area contributed by atoms with Crippen LogP contribution in [0, 0.1) is 11.8 Å². The number of halogens is 2. The third kappa shape index (κ3) is 5.11. The van der Waals surface area contributed by atoms with E-state index in [9.17, 15) is 14.0 Å². The van der Waals surface area contributed by atoms with Crippen molar-refractivity contribution in [2.75, 3.05) is 11.5 Å². The molecule has 0 radical (unpaired) electrons. The zero-order valence-corrected chi connectivity index (χ0v) is 21.6. The van der Waals surface area contributed by atoms with Crippen LogP contribution in [0.3, 0.4) is 0 Å². The number of nitrogens with zero attached hydrogens (tertiary/aromatic N) is 7. The minimum Gasteiger partial charge on any atom is -0.379 e. The van der Waals surface area contributed by atoms with Crippen LogP contribution in [0.15, 0.2) is 41.6 Å². The Balaban J connectivity index is 1.65. The van der Waals surface area contributed by atoms with Crippen molar-refractivity contribution in [2.24, 2.45) is 0 Å². The van der Waals surface area contributed by atoms with Gasteiger partial charge in [0.05, 0.1) is 47.6 Å². The SMILES string of the molecule is CCOC1CCC(n2cc(N(C(=O)c3cscn3)c3cnn(C(C)=O)c3)c(-c3nc(F)ccc3F)n2)CC1. The molecule has 0 N–H and O–H groups in total. The zero-order valence-electron chi connectivity index (χ0n) is 20.8. The van der Waals surface area contributed by atoms with E-state index >= 15 is 4.39 Å². The third-order valence-electron chi connectivity index (χ3n) is 6.41. The van der Waals surface area contributed by atoms with Gasteiger partial charge in [0.25, 0.3) is 5.91 Å². The van der Waals surface area contributed by atoms with Gasteiger partial charge in [0.2, 0.25) is 11.9 Å². The maximum atomic E-state index is 15.0. The number of pyridine rings is 1. The molecule has 1 aliphatic rings. The highest BCUT2D eigenvalue weighted by molar-refractivity contribution is 7.07. The van der Waals surface area contributed by atoms with Gasteiger partial charge in [0, 0.05) is 18.9 Å². The maximum Gasteiger partial charge on any atom is 0.282 e. The molecule has 198 valence electrons. The number of ether oxygens (including phenoxy) is 1. The van der Waals surface area contributed by atoms with Gasteiger partial charge < -0.3 is 4.74 Å². The highest BCUT2D eigenvalue weighted by atomic mass is 32.1. The highest BCUT2D eigenvalue weighted by Crippen LogP contribution is 2.39. The predicted molar refractivity (Wildman–Crippen MR) is 135 cm³/mol. The van der Waals surface area contributed by atoms with Gasteiger partial charge in [-0.3, -0.25) is 19.2 Å². The molecule has 0 aromatic carbocycles. The summed E-state index contributed by atoms with van der Waals surface area (Å²) in [7, 11) is 0. The van der Waals surface area contributed by atoms with Crippen LogP contribution in [0.5, 0.6) is 0 Å². The van der Waals surface area contributed by atoms with Crippen LogP contribution >= 0.6 is 11.3 Å². The summed E-state index contributed by atoms with van der Waals surface area (Å²) in [5.74, 6) is -2.59. The Kier molecular flexibility index (Phi) is 7.38. The first-order chi connectivity index (χ1) is 18.4. The molecule has 0 saturated heterocycles. The van der Waals surface area contributed by atoms with Crippen molar-refractivity contribution in [3.8, 4) is 11.4 Å². The van der Waals surface area contributed by atoms with Crippen LogP contribution in [0.1, 0.15) is 60.9 Å². The number of anilines is 2. The second-order valence-electron chi connectivity index (χ2n) is 8.87. The van der Waals surface area contributed by atoms with Gasteiger partial charge in [0.15, 0.2) is 5.82 Å². The average Bonchev–Trinajstić information content (AvgIpc) is 3.68. The number of amides is 1. The second kappa shape index (κ2) is 10.9. The molecular formula is C25H25F2N7O3S. The first-order valence-corrected chi connectivity index (χ1v) is 13.1. The number of hydrogen-bond donors (Lipinski definition) is 0. The second-order valence-corrected chi connectivity index (χ2v) is 9.59. The Bertz CT molecular complexity index is 1450. The first-order valence-electron chi connectivity index (χ1n) is 12.2. The van der Waals surface area contributed by atoms with Crippen LogP contribution in [-0.4, -0.2) is 54.1 Å². The molecule has 0 spiro atoms. The number of carbonyl (C=O) groups is 2. The van der Waals surface area contributed by atoms with Gasteiger partial charge in [-0.25, -0.2) is 19.0 Å². The molecule has 1 saturated carbocycles. The van der Waals surface area contributed by atoms with Crippen molar-refractivity contribution in [2.45, 2.75) is 51.7 Å². The van der Waals surface area contributed by atoms with Gasteiger partial charge in [-0.1, -0.05) is 0 Å². The van der Waals surface area contributed by atoms with Gasteiger partial charge in [-0.2, -0.15) is 14.6 Å². The van der Waals surface area contributed by atoms with E-state index in [2.05, 4.69) is 20.2 Å². The lowest BCUT2D eigenvalue weighted by Gasteiger charge is -2.28. The van der Waals surface area contributed by atoms with E-state index in [4.69, 9.17) is 4.74 Å². The van der Waals surface area contributed by atoms with Crippen molar-refractivity contribution in [1.29, 1.82) is 0 Å². The number of carbonyl (C=O) groups excluding carboxylic acids is 2. The molecule has 5 rings (SSSR count). The first kappa shape index (κ1) is 25.8. The standard InChI is InChI=1S/C25H25F2N7O3S/c1-3-37-18-6-4-16(5-7-18)33-12-21(24(31-33)23-19(26)8-9-22(27)30-23)34(25(36)20-13-38-14-28-20)17-10-29-32(11-17)15(2)35/h8-14,16,18H,3-7H2,1-2H3. The van der Waals surface area contributed by atoms with E-state index in [0.717, 1.165) is 42.5 Å². The molecule has 1 fully saturated rings. The summed E-state index contributed by atoms with van der Waals surface area (Å²) >= 11 is 1.23. The molecule has 0 bridgehead atoms. The Labute approximate surface area is 220 Å². The fraction of sp³-hybridized carbons (Fsp3) is 0.360. The molecule has 0 unspecified atom stereocenters. The van der Waals surface area contributed by atoms with E-state index in [1.54, 1.807) is 16.3 Å². The lowest BCUT2D eigenvalue weighted by Crippen LogP contribution is -2.26. The average molecular weight is 542 g/mol. The minimum atomic E-state index is -0.888. The monoisotopic (exact) mass is 541 g/mol. The van der Waals surface area contributed by atoms with Crippen LogP contribution in [0.4, 0.5) is 20.2 Å². The summed E-state index contributed by atoms with van der Waals surface area (Å²) in [5.41, 5.74) is 1.68. The molecule has 0 atom stereocenters. The van der Waals surface area contributed by atoms with Crippen LogP contribution in [0.25, 0.3) is 11.4 Å². The third-order valence-corrected chi connectivity index (χ3v) is 7.00. The van der Waals surface area contributed by atoms with Crippen molar-refractivity contribution in [3.63, 3.8) is 0 Å². The Morgan fingerprint density at radius 2 is 1.95 bits per heavy atom. The largest absolute Gasteiger partial charge is 0.379 e. The fourth-order valence-electron chi connectivity index (χ4n) is 4.60. The van der Waals surface area contributed by atoms with Crippen LogP contribution in [-0.2, 0) is 4.74 Å². The van der Waals surface area contributed by atoms with E-state index in [-0.39, 0.29) is 46.5 Å². The minimum absolute atomic E-state index is 0.0203. The normalized spacial score (nSPS) is 17.5. The number of aromatic nitrogens is 6. The van der Waals surface area contributed by atoms with Crippen molar-refractivity contribution >= 4 is 34.5 Å². The molecule has 4 heterocycles. The van der Waals surface area contributed by atoms with Gasteiger partial charge in [-0.15, -0.1) is 11.3 Å². The highest BCUT2D eigenvalue weighted by Gasteiger charge is 2.32. The zero-order chi connectivity index (χ0) is 26.8. The van der Waals surface area contributed by atoms with Crippen molar-refractivity contribution < 1.29 is 23.1 Å². The Hall–Kier alpha value is -3.84. The van der Waals surface area contributed by atoms with E-state index in [1.807, 2.05) is 6.92 Å². The molecule has 1 aliphatic carbocycles. The van der Waals surface area contributed by atoms with E-state index in [1.165, 1.54) is 41.1 Å². The van der Waals surface area contributed by atoms with Crippen LogP contribution in [0.2, 0.25) is 0 Å². The van der Waals surface area contributed by atoms with Gasteiger partial charge in [0.1, 0.15) is 17.1 Å². The molecule has 10 nitrogen and oxygen atoms in total. The topological polar surface area (TPSA) is 108 Å². The lowest BCUT2D eigenvalue weighted by atomic mass is 9.93. The maximum absolute atomic E-state index is 15.0. The summed E-state index contributed by atoms with van der Waals surface area (Å²) in [5, 5.41) is 10.3. The smallest absolute Gasteiger partial charge is 0.282 e. The van der Waals surface area contributed by atoms with E-state index in [0.29, 0.717) is 6.61 Å². The Morgan fingerprint density at radius 3 is 2.61 bits per heavy atom. The van der Waals surface area contributed by atoms with E-state index < -0.39 is 17.7 Å². The molecule has 38 heavy (non-hydrogen) atoms. The van der Waals surface area contributed by atoms with Crippen LogP contribution < -0.4 is 4.90 Å². The fourth-order valence-corrected chi connectivity index (χ4v) is 5.12. The van der Waals surface area contributed by atoms with Crippen molar-refractivity contribution in [3.05, 3.63) is 59.1 Å².